The second-order valence-electron chi connectivity index (χ2n) is 4.04. The number of fused-ring (bicyclic) bond motifs is 1. The molecule has 1 atom stereocenters. The topological polar surface area (TPSA) is 55.3 Å². The number of hydrogen-bond donors (Lipinski definition) is 1. The highest BCUT2D eigenvalue weighted by atomic mass is 16.3. The van der Waals surface area contributed by atoms with Gasteiger partial charge in [-0.1, -0.05) is 0 Å². The molecule has 0 amide bonds. The fraction of sp³-hybridized carbons (Fsp3) is 0.417. The van der Waals surface area contributed by atoms with Crippen LogP contribution in [0.4, 0.5) is 5.69 Å². The van der Waals surface area contributed by atoms with Gasteiger partial charge in [-0.05, 0) is 32.0 Å². The first-order valence-electron chi connectivity index (χ1n) is 5.48. The van der Waals surface area contributed by atoms with Gasteiger partial charge in [0.1, 0.15) is 5.52 Å². The summed E-state index contributed by atoms with van der Waals surface area (Å²) in [6.07, 6.45) is 2.45. The molecule has 86 valence electrons. The lowest BCUT2D eigenvalue weighted by Gasteiger charge is -2.26. The van der Waals surface area contributed by atoms with E-state index in [9.17, 15) is 0 Å². The molecule has 0 bridgehead atoms. The van der Waals surface area contributed by atoms with Crippen molar-refractivity contribution in [2.24, 2.45) is 5.73 Å². The van der Waals surface area contributed by atoms with Gasteiger partial charge in [0.25, 0.3) is 0 Å². The van der Waals surface area contributed by atoms with Gasteiger partial charge in [0.15, 0.2) is 12.0 Å². The summed E-state index contributed by atoms with van der Waals surface area (Å²) >= 11 is 0. The van der Waals surface area contributed by atoms with Crippen LogP contribution in [0.3, 0.4) is 0 Å². The van der Waals surface area contributed by atoms with Gasteiger partial charge in [0, 0.05) is 24.8 Å². The van der Waals surface area contributed by atoms with Crippen LogP contribution in [0.15, 0.2) is 29.0 Å². The van der Waals surface area contributed by atoms with Crippen LogP contribution in [-0.2, 0) is 0 Å². The Hall–Kier alpha value is -1.55. The number of benzene rings is 1. The summed E-state index contributed by atoms with van der Waals surface area (Å²) in [4.78, 5) is 6.30. The minimum atomic E-state index is 0.422. The number of nitrogens with zero attached hydrogens (tertiary/aromatic N) is 2. The van der Waals surface area contributed by atoms with Gasteiger partial charge in [-0.3, -0.25) is 0 Å². The Morgan fingerprint density at radius 1 is 1.50 bits per heavy atom. The van der Waals surface area contributed by atoms with E-state index in [2.05, 4.69) is 29.9 Å². The predicted octanol–water partition coefficient (Wildman–Crippen LogP) is 2.00. The lowest BCUT2D eigenvalue weighted by Crippen LogP contribution is -2.30. The minimum Gasteiger partial charge on any atom is -0.443 e. The van der Waals surface area contributed by atoms with Crippen LogP contribution in [0.2, 0.25) is 0 Å². The molecule has 2 aromatic rings. The fourth-order valence-corrected chi connectivity index (χ4v) is 1.75. The van der Waals surface area contributed by atoms with Crippen LogP contribution in [-0.4, -0.2) is 24.6 Å². The van der Waals surface area contributed by atoms with Crippen molar-refractivity contribution in [1.82, 2.24) is 4.98 Å². The van der Waals surface area contributed by atoms with Crippen LogP contribution >= 0.6 is 0 Å². The predicted molar refractivity (Wildman–Crippen MR) is 65.5 cm³/mol. The van der Waals surface area contributed by atoms with Gasteiger partial charge >= 0.3 is 0 Å². The lowest BCUT2D eigenvalue weighted by atomic mass is 10.2. The van der Waals surface area contributed by atoms with E-state index in [4.69, 9.17) is 10.2 Å². The molecule has 0 saturated carbocycles. The standard InChI is InChI=1S/C12H17N3O/c1-9(5-6-13)15(2)10-3-4-11-12(7-10)16-8-14-11/h3-4,7-9H,5-6,13H2,1-2H3. The van der Waals surface area contributed by atoms with E-state index in [1.165, 1.54) is 6.39 Å². The Morgan fingerprint density at radius 3 is 3.06 bits per heavy atom. The first-order chi connectivity index (χ1) is 7.72. The third kappa shape index (κ3) is 2.02. The Kier molecular flexibility index (Phi) is 3.10. The highest BCUT2D eigenvalue weighted by Crippen LogP contribution is 2.22. The second-order valence-corrected chi connectivity index (χ2v) is 4.04. The van der Waals surface area contributed by atoms with Crippen molar-refractivity contribution in [3.63, 3.8) is 0 Å². The number of nitrogens with two attached hydrogens (primary N) is 1. The van der Waals surface area contributed by atoms with Crippen molar-refractivity contribution in [1.29, 1.82) is 0 Å². The average Bonchev–Trinajstić information content (AvgIpc) is 2.75. The third-order valence-electron chi connectivity index (χ3n) is 2.97. The van der Waals surface area contributed by atoms with E-state index >= 15 is 0 Å². The maximum absolute atomic E-state index is 5.56. The zero-order valence-corrected chi connectivity index (χ0v) is 9.68. The molecular formula is C12H17N3O. The highest BCUT2D eigenvalue weighted by molar-refractivity contribution is 5.77. The van der Waals surface area contributed by atoms with Gasteiger partial charge in [0.2, 0.25) is 0 Å². The number of hydrogen-bond acceptors (Lipinski definition) is 4. The Bertz CT molecular complexity index is 466. The van der Waals surface area contributed by atoms with E-state index in [1.54, 1.807) is 0 Å². The van der Waals surface area contributed by atoms with Crippen molar-refractivity contribution < 1.29 is 4.42 Å². The van der Waals surface area contributed by atoms with Crippen molar-refractivity contribution in [3.8, 4) is 0 Å². The lowest BCUT2D eigenvalue weighted by molar-refractivity contribution is 0.601. The Balaban J connectivity index is 2.24. The highest BCUT2D eigenvalue weighted by Gasteiger charge is 2.10. The molecule has 1 aromatic heterocycles. The summed E-state index contributed by atoms with van der Waals surface area (Å²) < 4.78 is 5.29. The van der Waals surface area contributed by atoms with Gasteiger partial charge < -0.3 is 15.1 Å². The second kappa shape index (κ2) is 4.53. The average molecular weight is 219 g/mol. The Labute approximate surface area is 95.1 Å². The molecule has 2 N–H and O–H groups in total. The molecule has 0 aliphatic heterocycles. The van der Waals surface area contributed by atoms with Gasteiger partial charge in [-0.2, -0.15) is 0 Å². The van der Waals surface area contributed by atoms with E-state index in [-0.39, 0.29) is 0 Å². The molecule has 16 heavy (non-hydrogen) atoms. The zero-order valence-electron chi connectivity index (χ0n) is 9.68. The Morgan fingerprint density at radius 2 is 2.31 bits per heavy atom. The summed E-state index contributed by atoms with van der Waals surface area (Å²) in [6, 6.07) is 6.46. The summed E-state index contributed by atoms with van der Waals surface area (Å²) in [5.74, 6) is 0. The molecule has 0 saturated heterocycles. The number of anilines is 1. The maximum atomic E-state index is 5.56. The van der Waals surface area contributed by atoms with Crippen LogP contribution in [0.25, 0.3) is 11.1 Å². The molecule has 0 spiro atoms. The molecule has 1 heterocycles. The smallest absolute Gasteiger partial charge is 0.181 e. The van der Waals surface area contributed by atoms with Crippen molar-refractivity contribution in [2.75, 3.05) is 18.5 Å². The fourth-order valence-electron chi connectivity index (χ4n) is 1.75. The minimum absolute atomic E-state index is 0.422. The molecule has 0 fully saturated rings. The van der Waals surface area contributed by atoms with Crippen LogP contribution in [0, 0.1) is 0 Å². The van der Waals surface area contributed by atoms with Gasteiger partial charge in [0.05, 0.1) is 0 Å². The summed E-state index contributed by atoms with van der Waals surface area (Å²) in [7, 11) is 2.07. The van der Waals surface area contributed by atoms with Crippen molar-refractivity contribution >= 4 is 16.8 Å². The molecule has 4 heteroatoms. The first-order valence-corrected chi connectivity index (χ1v) is 5.48. The normalized spacial score (nSPS) is 12.9. The number of rotatable bonds is 4. The van der Waals surface area contributed by atoms with Crippen LogP contribution in [0.1, 0.15) is 13.3 Å². The molecule has 0 aliphatic carbocycles. The van der Waals surface area contributed by atoms with E-state index in [1.807, 2.05) is 12.1 Å². The molecule has 0 aliphatic rings. The van der Waals surface area contributed by atoms with E-state index in [0.717, 1.165) is 23.2 Å². The van der Waals surface area contributed by atoms with Crippen LogP contribution < -0.4 is 10.6 Å². The van der Waals surface area contributed by atoms with Crippen LogP contribution in [0.5, 0.6) is 0 Å². The summed E-state index contributed by atoms with van der Waals surface area (Å²) in [5, 5.41) is 0. The molecule has 1 aromatic carbocycles. The quantitative estimate of drug-likeness (QED) is 0.854. The van der Waals surface area contributed by atoms with E-state index in [0.29, 0.717) is 12.6 Å². The van der Waals surface area contributed by atoms with Gasteiger partial charge in [-0.15, -0.1) is 0 Å². The van der Waals surface area contributed by atoms with Gasteiger partial charge in [-0.25, -0.2) is 4.98 Å². The van der Waals surface area contributed by atoms with Crippen molar-refractivity contribution in [2.45, 2.75) is 19.4 Å². The van der Waals surface area contributed by atoms with Crippen molar-refractivity contribution in [3.05, 3.63) is 24.6 Å². The number of aromatic nitrogens is 1. The first kappa shape index (κ1) is 11.0. The molecule has 4 nitrogen and oxygen atoms in total. The molecule has 1 unspecified atom stereocenters. The SMILES string of the molecule is CC(CCN)N(C)c1ccc2ncoc2c1. The molecule has 2 rings (SSSR count). The monoisotopic (exact) mass is 219 g/mol. The summed E-state index contributed by atoms with van der Waals surface area (Å²) in [5.41, 5.74) is 8.41. The summed E-state index contributed by atoms with van der Waals surface area (Å²) in [6.45, 7) is 2.87. The third-order valence-corrected chi connectivity index (χ3v) is 2.97. The number of oxazole rings is 1. The maximum Gasteiger partial charge on any atom is 0.181 e. The molecule has 0 radical (unpaired) electrons. The largest absolute Gasteiger partial charge is 0.443 e. The molecular weight excluding hydrogens is 202 g/mol. The zero-order chi connectivity index (χ0) is 11.5. The van der Waals surface area contributed by atoms with E-state index < -0.39 is 0 Å².